The number of anilines is 1. The molecular weight excluding hydrogens is 432 g/mol. The molecule has 0 heterocycles. The summed E-state index contributed by atoms with van der Waals surface area (Å²) in [4.78, 5) is 21.4. The number of rotatable bonds is 7. The number of hydrogen-bond donors (Lipinski definition) is 1. The first-order valence-corrected chi connectivity index (χ1v) is 9.22. The van der Waals surface area contributed by atoms with Crippen molar-refractivity contribution in [3.05, 3.63) is 57.1 Å². The van der Waals surface area contributed by atoms with Crippen molar-refractivity contribution in [1.82, 2.24) is 0 Å². The van der Waals surface area contributed by atoms with Gasteiger partial charge in [-0.15, -0.1) is 0 Å². The number of sulfonamides is 1. The van der Waals surface area contributed by atoms with Gasteiger partial charge >= 0.3 is 5.97 Å². The SMILES string of the molecule is COc1ccc([N+](=O)[O-])cc1N(CC(=O)O)S(=O)(=O)c1ccc(Br)cc1. The van der Waals surface area contributed by atoms with E-state index in [4.69, 9.17) is 9.84 Å². The van der Waals surface area contributed by atoms with Gasteiger partial charge < -0.3 is 9.84 Å². The Labute approximate surface area is 157 Å². The molecule has 9 nitrogen and oxygen atoms in total. The third-order valence-corrected chi connectivity index (χ3v) is 5.63. The highest BCUT2D eigenvalue weighted by atomic mass is 79.9. The monoisotopic (exact) mass is 444 g/mol. The van der Waals surface area contributed by atoms with E-state index in [0.717, 1.165) is 12.1 Å². The van der Waals surface area contributed by atoms with Gasteiger partial charge in [0.2, 0.25) is 0 Å². The molecule has 0 aliphatic heterocycles. The number of carboxylic acids is 1. The number of carboxylic acid groups (broad SMARTS) is 1. The van der Waals surface area contributed by atoms with Gasteiger partial charge in [-0.25, -0.2) is 8.42 Å². The molecule has 11 heteroatoms. The largest absolute Gasteiger partial charge is 0.495 e. The van der Waals surface area contributed by atoms with E-state index in [1.165, 1.54) is 37.4 Å². The number of halogens is 1. The van der Waals surface area contributed by atoms with Crippen molar-refractivity contribution >= 4 is 43.3 Å². The summed E-state index contributed by atoms with van der Waals surface area (Å²) in [5, 5.41) is 20.2. The summed E-state index contributed by atoms with van der Waals surface area (Å²) in [5.74, 6) is -1.45. The molecule has 0 aromatic heterocycles. The molecule has 2 aromatic rings. The fraction of sp³-hybridized carbons (Fsp3) is 0.133. The van der Waals surface area contributed by atoms with E-state index in [1.54, 1.807) is 0 Å². The molecule has 0 amide bonds. The van der Waals surface area contributed by atoms with Crippen LogP contribution in [0.2, 0.25) is 0 Å². The molecule has 0 spiro atoms. The van der Waals surface area contributed by atoms with Crippen LogP contribution >= 0.6 is 15.9 Å². The van der Waals surface area contributed by atoms with Crippen LogP contribution in [-0.2, 0) is 14.8 Å². The van der Waals surface area contributed by atoms with Crippen molar-refractivity contribution in [2.75, 3.05) is 18.0 Å². The lowest BCUT2D eigenvalue weighted by atomic mass is 10.2. The van der Waals surface area contributed by atoms with Gasteiger partial charge in [-0.3, -0.25) is 19.2 Å². The van der Waals surface area contributed by atoms with Gasteiger partial charge in [0.25, 0.3) is 15.7 Å². The topological polar surface area (TPSA) is 127 Å². The molecule has 2 rings (SSSR count). The maximum Gasteiger partial charge on any atom is 0.324 e. The zero-order chi connectivity index (χ0) is 19.5. The molecule has 0 aliphatic carbocycles. The number of aliphatic carboxylic acids is 1. The van der Waals surface area contributed by atoms with Crippen LogP contribution < -0.4 is 9.04 Å². The molecule has 0 saturated heterocycles. The number of non-ortho nitro benzene ring substituents is 1. The second kappa shape index (κ2) is 7.70. The Hall–Kier alpha value is -2.66. The Bertz CT molecular complexity index is 945. The zero-order valence-corrected chi connectivity index (χ0v) is 15.7. The summed E-state index contributed by atoms with van der Waals surface area (Å²) >= 11 is 3.19. The second-order valence-electron chi connectivity index (χ2n) is 4.97. The van der Waals surface area contributed by atoms with Crippen molar-refractivity contribution in [3.8, 4) is 5.75 Å². The third kappa shape index (κ3) is 4.11. The fourth-order valence-corrected chi connectivity index (χ4v) is 3.82. The van der Waals surface area contributed by atoms with Gasteiger partial charge in [-0.1, -0.05) is 15.9 Å². The smallest absolute Gasteiger partial charge is 0.324 e. The molecule has 0 aliphatic rings. The lowest BCUT2D eigenvalue weighted by Crippen LogP contribution is -2.36. The average molecular weight is 445 g/mol. The Morgan fingerprint density at radius 1 is 1.27 bits per heavy atom. The minimum absolute atomic E-state index is 0.0162. The first-order valence-electron chi connectivity index (χ1n) is 6.99. The molecule has 0 unspecified atom stereocenters. The average Bonchev–Trinajstić information content (AvgIpc) is 2.59. The van der Waals surface area contributed by atoms with Crippen LogP contribution in [0.3, 0.4) is 0 Å². The molecule has 2 aromatic carbocycles. The first kappa shape index (κ1) is 19.7. The van der Waals surface area contributed by atoms with Crippen molar-refractivity contribution in [3.63, 3.8) is 0 Å². The van der Waals surface area contributed by atoms with Crippen molar-refractivity contribution in [2.24, 2.45) is 0 Å². The van der Waals surface area contributed by atoms with E-state index >= 15 is 0 Å². The predicted molar refractivity (Wildman–Crippen MR) is 96.0 cm³/mol. The van der Waals surface area contributed by atoms with Crippen molar-refractivity contribution in [2.45, 2.75) is 4.90 Å². The van der Waals surface area contributed by atoms with Crippen molar-refractivity contribution in [1.29, 1.82) is 0 Å². The van der Waals surface area contributed by atoms with E-state index in [-0.39, 0.29) is 16.3 Å². The third-order valence-electron chi connectivity index (χ3n) is 3.32. The number of nitro benzene ring substituents is 1. The first-order chi connectivity index (χ1) is 12.2. The highest BCUT2D eigenvalue weighted by molar-refractivity contribution is 9.10. The summed E-state index contributed by atoms with van der Waals surface area (Å²) in [7, 11) is -3.07. The van der Waals surface area contributed by atoms with Gasteiger partial charge in [0.15, 0.2) is 0 Å². The van der Waals surface area contributed by atoms with Crippen LogP contribution in [0.4, 0.5) is 11.4 Å². The minimum Gasteiger partial charge on any atom is -0.495 e. The number of ether oxygens (including phenoxy) is 1. The van der Waals surface area contributed by atoms with Crippen LogP contribution in [0.25, 0.3) is 0 Å². The molecule has 0 radical (unpaired) electrons. The van der Waals surface area contributed by atoms with Crippen LogP contribution in [0, 0.1) is 10.1 Å². The molecule has 0 bridgehead atoms. The quantitative estimate of drug-likeness (QED) is 0.513. The van der Waals surface area contributed by atoms with Crippen LogP contribution in [0.1, 0.15) is 0 Å². The summed E-state index contributed by atoms with van der Waals surface area (Å²) in [6.45, 7) is -0.935. The maximum absolute atomic E-state index is 13.0. The molecule has 138 valence electrons. The van der Waals surface area contributed by atoms with E-state index in [2.05, 4.69) is 15.9 Å². The summed E-state index contributed by atoms with van der Waals surface area (Å²) < 4.78 is 32.2. The number of hydrogen-bond acceptors (Lipinski definition) is 6. The highest BCUT2D eigenvalue weighted by Crippen LogP contribution is 2.35. The van der Waals surface area contributed by atoms with Gasteiger partial charge in [-0.2, -0.15) is 0 Å². The number of methoxy groups -OCH3 is 1. The molecule has 0 fully saturated rings. The lowest BCUT2D eigenvalue weighted by molar-refractivity contribution is -0.384. The van der Waals surface area contributed by atoms with Crippen LogP contribution in [0.5, 0.6) is 5.75 Å². The van der Waals surface area contributed by atoms with Crippen LogP contribution in [0.15, 0.2) is 51.8 Å². The normalized spacial score (nSPS) is 11.0. The van der Waals surface area contributed by atoms with Gasteiger partial charge in [0.1, 0.15) is 18.0 Å². The van der Waals surface area contributed by atoms with Gasteiger partial charge in [0, 0.05) is 16.6 Å². The Balaban J connectivity index is 2.68. The van der Waals surface area contributed by atoms with Gasteiger partial charge in [-0.05, 0) is 30.3 Å². The second-order valence-corrected chi connectivity index (χ2v) is 7.75. The fourth-order valence-electron chi connectivity index (χ4n) is 2.14. The van der Waals surface area contributed by atoms with Crippen LogP contribution in [-0.4, -0.2) is 38.1 Å². The number of carbonyl (C=O) groups is 1. The number of benzene rings is 2. The Morgan fingerprint density at radius 3 is 2.38 bits per heavy atom. The Morgan fingerprint density at radius 2 is 1.88 bits per heavy atom. The standard InChI is InChI=1S/C15H13BrN2O7S/c1-25-14-7-4-11(18(21)22)8-13(14)17(9-15(19)20)26(23,24)12-5-2-10(16)3-6-12/h2-8H,9H2,1H3,(H,19,20). The molecule has 1 N–H and O–H groups in total. The highest BCUT2D eigenvalue weighted by Gasteiger charge is 2.30. The summed E-state index contributed by atoms with van der Waals surface area (Å²) in [6.07, 6.45) is 0. The molecule has 0 saturated carbocycles. The number of nitro groups is 1. The zero-order valence-electron chi connectivity index (χ0n) is 13.3. The summed E-state index contributed by atoms with van der Waals surface area (Å²) in [6, 6.07) is 8.84. The van der Waals surface area contributed by atoms with Crippen molar-refractivity contribution < 1.29 is 28.0 Å². The molecule has 0 atom stereocenters. The summed E-state index contributed by atoms with van der Waals surface area (Å²) in [5.41, 5.74) is -0.644. The lowest BCUT2D eigenvalue weighted by Gasteiger charge is -2.24. The maximum atomic E-state index is 13.0. The van der Waals surface area contributed by atoms with E-state index < -0.39 is 33.1 Å². The predicted octanol–water partition coefficient (Wildman–Crippen LogP) is 2.65. The van der Waals surface area contributed by atoms with E-state index in [0.29, 0.717) is 8.78 Å². The molecular formula is C15H13BrN2O7S. The van der Waals surface area contributed by atoms with E-state index in [1.807, 2.05) is 0 Å². The Kier molecular flexibility index (Phi) is 5.83. The molecule has 26 heavy (non-hydrogen) atoms. The van der Waals surface area contributed by atoms with Gasteiger partial charge in [0.05, 0.1) is 16.9 Å². The van der Waals surface area contributed by atoms with E-state index in [9.17, 15) is 23.3 Å². The number of nitrogens with zero attached hydrogens (tertiary/aromatic N) is 2. The minimum atomic E-state index is -4.31.